The Hall–Kier alpha value is -2.25. The van der Waals surface area contributed by atoms with Crippen LogP contribution in [0.1, 0.15) is 57.8 Å². The smallest absolute Gasteiger partial charge is 0.227 e. The van der Waals surface area contributed by atoms with Crippen LogP contribution in [0.15, 0.2) is 17.2 Å². The fraction of sp³-hybridized carbons (Fsp3) is 0.688. The molecule has 3 rings (SSSR count). The third kappa shape index (κ3) is 3.80. The zero-order valence-electron chi connectivity index (χ0n) is 14.5. The predicted molar refractivity (Wildman–Crippen MR) is 86.2 cm³/mol. The minimum absolute atomic E-state index is 0.121. The first-order valence-electron chi connectivity index (χ1n) is 8.38. The number of piperidine rings is 1. The summed E-state index contributed by atoms with van der Waals surface area (Å²) >= 11 is 0. The molecule has 1 unspecified atom stereocenters. The summed E-state index contributed by atoms with van der Waals surface area (Å²) in [4.78, 5) is 22.8. The van der Waals surface area contributed by atoms with Crippen molar-refractivity contribution in [3.05, 3.63) is 24.4 Å². The summed E-state index contributed by atoms with van der Waals surface area (Å²) in [5, 5.41) is 8.18. The number of rotatable bonds is 4. The Labute approximate surface area is 141 Å². The summed E-state index contributed by atoms with van der Waals surface area (Å²) in [6, 6.07) is 0.209. The van der Waals surface area contributed by atoms with Crippen LogP contribution in [0.4, 0.5) is 0 Å². The van der Waals surface area contributed by atoms with Crippen LogP contribution in [0.25, 0.3) is 0 Å². The number of aromatic nitrogens is 5. The molecule has 0 spiro atoms. The van der Waals surface area contributed by atoms with Gasteiger partial charge in [-0.15, -0.1) is 0 Å². The van der Waals surface area contributed by atoms with Crippen molar-refractivity contribution >= 4 is 5.91 Å². The van der Waals surface area contributed by atoms with Gasteiger partial charge in [0.25, 0.3) is 0 Å². The fourth-order valence-corrected chi connectivity index (χ4v) is 2.84. The van der Waals surface area contributed by atoms with E-state index in [1.807, 2.05) is 30.4 Å². The van der Waals surface area contributed by atoms with Gasteiger partial charge in [-0.1, -0.05) is 25.9 Å². The molecule has 0 aliphatic carbocycles. The molecule has 1 aliphatic heterocycles. The zero-order chi connectivity index (χ0) is 17.2. The minimum atomic E-state index is -0.149. The topological polar surface area (TPSA) is 89.9 Å². The van der Waals surface area contributed by atoms with Crippen molar-refractivity contribution in [1.29, 1.82) is 0 Å². The first kappa shape index (κ1) is 16.6. The van der Waals surface area contributed by atoms with Crippen LogP contribution in [-0.4, -0.2) is 48.8 Å². The highest BCUT2D eigenvalue weighted by molar-refractivity contribution is 5.76. The lowest BCUT2D eigenvalue weighted by molar-refractivity contribution is -0.133. The molecule has 1 amide bonds. The Morgan fingerprint density at radius 2 is 2.25 bits per heavy atom. The van der Waals surface area contributed by atoms with Gasteiger partial charge in [-0.3, -0.25) is 4.79 Å². The van der Waals surface area contributed by atoms with E-state index in [2.05, 4.69) is 20.2 Å². The van der Waals surface area contributed by atoms with Crippen LogP contribution in [-0.2, 0) is 16.6 Å². The highest BCUT2D eigenvalue weighted by Crippen LogP contribution is 2.22. The molecule has 130 valence electrons. The molecule has 1 fully saturated rings. The number of nitrogens with zero attached hydrogens (tertiary/aromatic N) is 6. The van der Waals surface area contributed by atoms with Crippen molar-refractivity contribution in [3.8, 4) is 0 Å². The Balaban J connectivity index is 1.54. The van der Waals surface area contributed by atoms with Gasteiger partial charge in [-0.25, -0.2) is 9.67 Å². The van der Waals surface area contributed by atoms with Crippen LogP contribution in [0.5, 0.6) is 0 Å². The predicted octanol–water partition coefficient (Wildman–Crippen LogP) is 1.75. The largest absolute Gasteiger partial charge is 0.341 e. The summed E-state index contributed by atoms with van der Waals surface area (Å²) in [5.41, 5.74) is -0.149. The van der Waals surface area contributed by atoms with Crippen molar-refractivity contribution in [1.82, 2.24) is 29.8 Å². The van der Waals surface area contributed by atoms with E-state index in [4.69, 9.17) is 4.52 Å². The summed E-state index contributed by atoms with van der Waals surface area (Å²) in [7, 11) is 0. The normalized spacial score (nSPS) is 18.8. The second-order valence-corrected chi connectivity index (χ2v) is 7.27. The average molecular weight is 332 g/mol. The van der Waals surface area contributed by atoms with Gasteiger partial charge in [0.05, 0.1) is 6.04 Å². The molecule has 8 nitrogen and oxygen atoms in total. The molecule has 0 N–H and O–H groups in total. The Bertz CT molecular complexity index is 673. The maximum atomic E-state index is 12.5. The molecule has 0 saturated carbocycles. The van der Waals surface area contributed by atoms with Crippen molar-refractivity contribution in [2.75, 3.05) is 13.1 Å². The van der Waals surface area contributed by atoms with E-state index in [1.165, 1.54) is 6.33 Å². The van der Waals surface area contributed by atoms with Gasteiger partial charge in [0, 0.05) is 31.3 Å². The van der Waals surface area contributed by atoms with Crippen LogP contribution in [0.3, 0.4) is 0 Å². The third-order valence-corrected chi connectivity index (χ3v) is 4.25. The lowest BCUT2D eigenvalue weighted by atomic mass is 9.96. The molecule has 24 heavy (non-hydrogen) atoms. The lowest BCUT2D eigenvalue weighted by Crippen LogP contribution is -2.41. The molecule has 0 bridgehead atoms. The van der Waals surface area contributed by atoms with E-state index in [0.717, 1.165) is 19.4 Å². The molecule has 1 saturated heterocycles. The molecule has 0 aromatic carbocycles. The third-order valence-electron chi connectivity index (χ3n) is 4.25. The van der Waals surface area contributed by atoms with Gasteiger partial charge < -0.3 is 9.42 Å². The van der Waals surface area contributed by atoms with Gasteiger partial charge >= 0.3 is 0 Å². The molecule has 2 aromatic heterocycles. The first-order valence-corrected chi connectivity index (χ1v) is 8.38. The number of likely N-dealkylation sites (tertiary alicyclic amines) is 1. The van der Waals surface area contributed by atoms with Crippen LogP contribution in [0, 0.1) is 0 Å². The Morgan fingerprint density at radius 1 is 1.42 bits per heavy atom. The fourth-order valence-electron chi connectivity index (χ4n) is 2.84. The van der Waals surface area contributed by atoms with E-state index in [9.17, 15) is 4.79 Å². The van der Waals surface area contributed by atoms with Crippen molar-refractivity contribution < 1.29 is 9.32 Å². The monoisotopic (exact) mass is 332 g/mol. The minimum Gasteiger partial charge on any atom is -0.341 e. The number of hydrogen-bond acceptors (Lipinski definition) is 6. The second kappa shape index (κ2) is 6.70. The van der Waals surface area contributed by atoms with E-state index in [0.29, 0.717) is 31.1 Å². The average Bonchev–Trinajstić information content (AvgIpc) is 3.23. The van der Waals surface area contributed by atoms with Gasteiger partial charge in [0.1, 0.15) is 12.7 Å². The zero-order valence-corrected chi connectivity index (χ0v) is 14.5. The molecule has 1 aliphatic rings. The molecule has 3 heterocycles. The van der Waals surface area contributed by atoms with E-state index in [1.54, 1.807) is 6.33 Å². The van der Waals surface area contributed by atoms with Crippen LogP contribution < -0.4 is 0 Å². The van der Waals surface area contributed by atoms with Gasteiger partial charge in [0.15, 0.2) is 5.82 Å². The molecular weight excluding hydrogens is 308 g/mol. The molecule has 1 atom stereocenters. The van der Waals surface area contributed by atoms with Gasteiger partial charge in [-0.2, -0.15) is 10.1 Å². The second-order valence-electron chi connectivity index (χ2n) is 7.27. The summed E-state index contributed by atoms with van der Waals surface area (Å²) < 4.78 is 7.10. The Kier molecular flexibility index (Phi) is 4.64. The summed E-state index contributed by atoms with van der Waals surface area (Å²) in [6.07, 6.45) is 6.10. The number of carbonyl (C=O) groups excluding carboxylic acids is 1. The summed E-state index contributed by atoms with van der Waals surface area (Å²) in [6.45, 7) is 7.57. The maximum Gasteiger partial charge on any atom is 0.227 e. The van der Waals surface area contributed by atoms with E-state index in [-0.39, 0.29) is 17.4 Å². The summed E-state index contributed by atoms with van der Waals surface area (Å²) in [5.74, 6) is 1.32. The number of aryl methyl sites for hydroxylation is 1. The molecular formula is C16H24N6O2. The van der Waals surface area contributed by atoms with Gasteiger partial charge in [-0.05, 0) is 12.8 Å². The molecule has 0 radical (unpaired) electrons. The molecule has 2 aromatic rings. The van der Waals surface area contributed by atoms with Crippen molar-refractivity contribution in [3.63, 3.8) is 0 Å². The Morgan fingerprint density at radius 3 is 2.92 bits per heavy atom. The quantitative estimate of drug-likeness (QED) is 0.847. The SMILES string of the molecule is CC(C)(C)c1noc(CCC(=O)N2CCCC(n3cncn3)C2)n1. The van der Waals surface area contributed by atoms with E-state index < -0.39 is 0 Å². The highest BCUT2D eigenvalue weighted by atomic mass is 16.5. The van der Waals surface area contributed by atoms with Crippen LogP contribution in [0.2, 0.25) is 0 Å². The van der Waals surface area contributed by atoms with Crippen molar-refractivity contribution in [2.24, 2.45) is 0 Å². The lowest BCUT2D eigenvalue weighted by Gasteiger charge is -2.32. The number of amides is 1. The van der Waals surface area contributed by atoms with E-state index >= 15 is 0 Å². The maximum absolute atomic E-state index is 12.5. The van der Waals surface area contributed by atoms with Crippen molar-refractivity contribution in [2.45, 2.75) is 57.9 Å². The first-order chi connectivity index (χ1) is 11.4. The van der Waals surface area contributed by atoms with Crippen LogP contribution >= 0.6 is 0 Å². The molecule has 8 heteroatoms. The highest BCUT2D eigenvalue weighted by Gasteiger charge is 2.26. The van der Waals surface area contributed by atoms with Gasteiger partial charge in [0.2, 0.25) is 11.8 Å². The standard InChI is InChI=1S/C16H24N6O2/c1-16(2,3)15-19-13(24-20-15)6-7-14(23)21-8-4-5-12(9-21)22-11-17-10-18-22/h10-12H,4-9H2,1-3H3. The number of carbonyl (C=O) groups is 1. The number of hydrogen-bond donors (Lipinski definition) is 0.